The Labute approximate surface area is 323 Å². The zero-order valence-electron chi connectivity index (χ0n) is 31.0. The molecule has 56 heavy (non-hydrogen) atoms. The number of furan rings is 2. The molecule has 0 fully saturated rings. The fraction of sp³-hybridized carbons (Fsp3) is 0.0566. The van der Waals surface area contributed by atoms with Gasteiger partial charge in [0.15, 0.2) is 0 Å². The van der Waals surface area contributed by atoms with E-state index in [-0.39, 0.29) is 5.41 Å². The standard InChI is InChI=1S/C53H35NO2/c1-53(2)44-20-9-7-16-38(44)39-26-25-36(31-45(39)53)54(35-24-22-32-12-3-4-14-34(32)30-35)51-41(43-19-11-18-42-40-17-8-10-21-46(40)56-52(42)43)27-29-48-50(51)49-37-15-6-5-13-33(37)23-28-47(49)55-48/h3-31H,1-2H3. The summed E-state index contributed by atoms with van der Waals surface area (Å²) in [5.41, 5.74) is 13.8. The molecule has 2 heterocycles. The maximum Gasteiger partial charge on any atom is 0.143 e. The molecule has 0 N–H and O–H groups in total. The molecular formula is C53H35NO2. The maximum absolute atomic E-state index is 6.82. The molecule has 9 aromatic carbocycles. The van der Waals surface area contributed by atoms with Gasteiger partial charge in [0.1, 0.15) is 22.3 Å². The number of rotatable bonds is 4. The highest BCUT2D eigenvalue weighted by atomic mass is 16.3. The van der Waals surface area contributed by atoms with E-state index in [2.05, 4.69) is 189 Å². The second-order valence-corrected chi connectivity index (χ2v) is 15.6. The van der Waals surface area contributed by atoms with Crippen LogP contribution in [0.25, 0.3) is 87.7 Å². The van der Waals surface area contributed by atoms with Gasteiger partial charge in [0.25, 0.3) is 0 Å². The number of nitrogens with zero attached hydrogens (tertiary/aromatic N) is 1. The number of para-hydroxylation sites is 2. The van der Waals surface area contributed by atoms with Gasteiger partial charge < -0.3 is 13.7 Å². The molecule has 0 amide bonds. The molecule has 11 aromatic rings. The van der Waals surface area contributed by atoms with Crippen molar-refractivity contribution < 1.29 is 8.83 Å². The van der Waals surface area contributed by atoms with Crippen molar-refractivity contribution in [3.05, 3.63) is 187 Å². The summed E-state index contributed by atoms with van der Waals surface area (Å²) < 4.78 is 13.6. The van der Waals surface area contributed by atoms with Gasteiger partial charge in [0.2, 0.25) is 0 Å². The lowest BCUT2D eigenvalue weighted by Crippen LogP contribution is -2.17. The Morgan fingerprint density at radius 3 is 1.93 bits per heavy atom. The van der Waals surface area contributed by atoms with Crippen molar-refractivity contribution in [1.82, 2.24) is 0 Å². The number of fused-ring (bicyclic) bond motifs is 12. The van der Waals surface area contributed by atoms with Crippen molar-refractivity contribution in [3.63, 3.8) is 0 Å². The predicted molar refractivity (Wildman–Crippen MR) is 234 cm³/mol. The molecule has 3 heteroatoms. The Kier molecular flexibility index (Phi) is 6.40. The molecular weight excluding hydrogens is 683 g/mol. The molecule has 2 aromatic heterocycles. The van der Waals surface area contributed by atoms with Crippen LogP contribution in [0.5, 0.6) is 0 Å². The van der Waals surface area contributed by atoms with E-state index in [0.29, 0.717) is 0 Å². The van der Waals surface area contributed by atoms with Crippen molar-refractivity contribution >= 4 is 82.5 Å². The second-order valence-electron chi connectivity index (χ2n) is 15.6. The van der Waals surface area contributed by atoms with Crippen LogP contribution in [-0.4, -0.2) is 0 Å². The Morgan fingerprint density at radius 2 is 1.02 bits per heavy atom. The first kappa shape index (κ1) is 31.3. The number of benzene rings is 9. The molecule has 0 saturated carbocycles. The summed E-state index contributed by atoms with van der Waals surface area (Å²) in [4.78, 5) is 2.47. The average molecular weight is 718 g/mol. The van der Waals surface area contributed by atoms with Crippen molar-refractivity contribution in [2.24, 2.45) is 0 Å². The lowest BCUT2D eigenvalue weighted by molar-refractivity contribution is 0.660. The zero-order valence-corrected chi connectivity index (χ0v) is 31.0. The highest BCUT2D eigenvalue weighted by Crippen LogP contribution is 2.54. The monoisotopic (exact) mass is 717 g/mol. The van der Waals surface area contributed by atoms with Crippen LogP contribution in [-0.2, 0) is 5.41 Å². The molecule has 264 valence electrons. The lowest BCUT2D eigenvalue weighted by Gasteiger charge is -2.30. The minimum Gasteiger partial charge on any atom is -0.456 e. The Bertz CT molecular complexity index is 3420. The second kappa shape index (κ2) is 11.5. The molecule has 0 spiro atoms. The van der Waals surface area contributed by atoms with E-state index in [1.165, 1.54) is 38.4 Å². The van der Waals surface area contributed by atoms with E-state index in [4.69, 9.17) is 8.83 Å². The van der Waals surface area contributed by atoms with Crippen LogP contribution in [0.3, 0.4) is 0 Å². The number of hydrogen-bond donors (Lipinski definition) is 0. The third-order valence-electron chi connectivity index (χ3n) is 12.2. The van der Waals surface area contributed by atoms with Gasteiger partial charge in [-0.05, 0) is 92.3 Å². The first-order valence-electron chi connectivity index (χ1n) is 19.3. The van der Waals surface area contributed by atoms with Gasteiger partial charge in [-0.2, -0.15) is 0 Å². The number of anilines is 3. The topological polar surface area (TPSA) is 29.5 Å². The third kappa shape index (κ3) is 4.34. The Balaban J connectivity index is 1.25. The predicted octanol–water partition coefficient (Wildman–Crippen LogP) is 15.2. The summed E-state index contributed by atoms with van der Waals surface area (Å²) in [6.07, 6.45) is 0. The highest BCUT2D eigenvalue weighted by molar-refractivity contribution is 6.26. The van der Waals surface area contributed by atoms with Gasteiger partial charge >= 0.3 is 0 Å². The summed E-state index contributed by atoms with van der Waals surface area (Å²) in [6.45, 7) is 4.71. The van der Waals surface area contributed by atoms with Gasteiger partial charge in [-0.15, -0.1) is 0 Å². The van der Waals surface area contributed by atoms with E-state index >= 15 is 0 Å². The third-order valence-corrected chi connectivity index (χ3v) is 12.2. The summed E-state index contributed by atoms with van der Waals surface area (Å²) in [5.74, 6) is 0. The van der Waals surface area contributed by atoms with E-state index in [1.54, 1.807) is 0 Å². The average Bonchev–Trinajstić information content (AvgIpc) is 3.89. The summed E-state index contributed by atoms with van der Waals surface area (Å²) in [7, 11) is 0. The van der Waals surface area contributed by atoms with Gasteiger partial charge in [0, 0.05) is 44.1 Å². The van der Waals surface area contributed by atoms with E-state index < -0.39 is 0 Å². The van der Waals surface area contributed by atoms with Gasteiger partial charge in [0.05, 0.1) is 11.1 Å². The van der Waals surface area contributed by atoms with Crippen molar-refractivity contribution in [2.45, 2.75) is 19.3 Å². The highest BCUT2D eigenvalue weighted by Gasteiger charge is 2.36. The van der Waals surface area contributed by atoms with E-state index in [1.807, 2.05) is 6.07 Å². The first-order chi connectivity index (χ1) is 27.5. The fourth-order valence-corrected chi connectivity index (χ4v) is 9.58. The molecule has 12 rings (SSSR count). The van der Waals surface area contributed by atoms with Crippen LogP contribution in [0.15, 0.2) is 185 Å². The van der Waals surface area contributed by atoms with E-state index in [9.17, 15) is 0 Å². The Hall–Kier alpha value is -7.10. The van der Waals surface area contributed by atoms with E-state index in [0.717, 1.165) is 77.5 Å². The van der Waals surface area contributed by atoms with Crippen LogP contribution in [0, 0.1) is 0 Å². The smallest absolute Gasteiger partial charge is 0.143 e. The zero-order chi connectivity index (χ0) is 37.1. The fourth-order valence-electron chi connectivity index (χ4n) is 9.58. The molecule has 0 atom stereocenters. The van der Waals surface area contributed by atoms with Crippen LogP contribution < -0.4 is 4.90 Å². The van der Waals surface area contributed by atoms with Crippen LogP contribution in [0.2, 0.25) is 0 Å². The number of hydrogen-bond acceptors (Lipinski definition) is 3. The summed E-state index contributed by atoms with van der Waals surface area (Å²) in [6, 6.07) is 63.5. The molecule has 0 radical (unpaired) electrons. The molecule has 1 aliphatic rings. The quantitative estimate of drug-likeness (QED) is 0.182. The van der Waals surface area contributed by atoms with Crippen LogP contribution in [0.4, 0.5) is 17.1 Å². The SMILES string of the molecule is CC1(C)c2ccccc2-c2ccc(N(c3ccc4ccccc4c3)c3c(-c4cccc5c4oc4ccccc45)ccc4oc5ccc6ccccc6c5c34)cc21. The van der Waals surface area contributed by atoms with Gasteiger partial charge in [-0.25, -0.2) is 0 Å². The maximum atomic E-state index is 6.82. The first-order valence-corrected chi connectivity index (χ1v) is 19.3. The summed E-state index contributed by atoms with van der Waals surface area (Å²) in [5, 5.41) is 9.09. The molecule has 0 aliphatic heterocycles. The largest absolute Gasteiger partial charge is 0.456 e. The van der Waals surface area contributed by atoms with Gasteiger partial charge in [-0.3, -0.25) is 0 Å². The molecule has 0 unspecified atom stereocenters. The van der Waals surface area contributed by atoms with Crippen molar-refractivity contribution in [2.75, 3.05) is 4.90 Å². The molecule has 3 nitrogen and oxygen atoms in total. The van der Waals surface area contributed by atoms with Crippen molar-refractivity contribution in [3.8, 4) is 22.3 Å². The molecule has 0 saturated heterocycles. The molecule has 0 bridgehead atoms. The minimum atomic E-state index is -0.176. The Morgan fingerprint density at radius 1 is 0.393 bits per heavy atom. The van der Waals surface area contributed by atoms with Crippen LogP contribution >= 0.6 is 0 Å². The normalized spacial score (nSPS) is 13.3. The minimum absolute atomic E-state index is 0.176. The van der Waals surface area contributed by atoms with Crippen LogP contribution in [0.1, 0.15) is 25.0 Å². The van der Waals surface area contributed by atoms with Gasteiger partial charge in [-0.1, -0.05) is 141 Å². The van der Waals surface area contributed by atoms with Crippen molar-refractivity contribution in [1.29, 1.82) is 0 Å². The lowest BCUT2D eigenvalue weighted by atomic mass is 9.82. The summed E-state index contributed by atoms with van der Waals surface area (Å²) >= 11 is 0. The molecule has 1 aliphatic carbocycles.